The number of nitrogens with two attached hydrogens (primary N) is 1. The lowest BCUT2D eigenvalue weighted by atomic mass is 10.1. The Morgan fingerprint density at radius 2 is 2.40 bits per heavy atom. The average molecular weight is 225 g/mol. The molecule has 1 aliphatic carbocycles. The van der Waals surface area contributed by atoms with Gasteiger partial charge in [-0.25, -0.2) is 4.98 Å². The van der Waals surface area contributed by atoms with Gasteiger partial charge in [-0.05, 0) is 24.3 Å². The van der Waals surface area contributed by atoms with Gasteiger partial charge in [-0.2, -0.15) is 0 Å². The zero-order valence-corrected chi connectivity index (χ0v) is 10.2. The van der Waals surface area contributed by atoms with Crippen molar-refractivity contribution in [3.63, 3.8) is 0 Å². The molecule has 0 bridgehead atoms. The molecule has 2 rings (SSSR count). The second-order valence-electron chi connectivity index (χ2n) is 4.96. The van der Waals surface area contributed by atoms with Crippen molar-refractivity contribution in [2.24, 2.45) is 17.1 Å². The summed E-state index contributed by atoms with van der Waals surface area (Å²) in [5.74, 6) is 0.852. The van der Waals surface area contributed by atoms with Crippen molar-refractivity contribution in [3.8, 4) is 0 Å². The van der Waals surface area contributed by atoms with Crippen LogP contribution in [0.4, 0.5) is 0 Å². The first-order valence-corrected chi connectivity index (χ1v) is 6.34. The van der Waals surface area contributed by atoms with Crippen LogP contribution in [-0.4, -0.2) is 11.5 Å². The molecule has 3 nitrogen and oxygen atoms in total. The van der Waals surface area contributed by atoms with Crippen LogP contribution in [0.2, 0.25) is 0 Å². The molecule has 1 aromatic rings. The molecule has 0 aliphatic heterocycles. The lowest BCUT2D eigenvalue weighted by Gasteiger charge is -2.04. The van der Waals surface area contributed by atoms with Crippen molar-refractivity contribution < 1.29 is 0 Å². The molecule has 15 heavy (non-hydrogen) atoms. The van der Waals surface area contributed by atoms with Gasteiger partial charge < -0.3 is 11.1 Å². The minimum Gasteiger partial charge on any atom is -0.325 e. The first-order valence-electron chi connectivity index (χ1n) is 5.46. The van der Waals surface area contributed by atoms with Crippen LogP contribution in [0.3, 0.4) is 0 Å². The quantitative estimate of drug-likeness (QED) is 0.802. The fraction of sp³-hybridized carbons (Fsp3) is 0.727. The molecule has 0 amide bonds. The summed E-state index contributed by atoms with van der Waals surface area (Å²) in [6.07, 6.45) is 1.35. The normalized spacial score (nSPS) is 23.0. The van der Waals surface area contributed by atoms with Gasteiger partial charge in [0.1, 0.15) is 5.01 Å². The summed E-state index contributed by atoms with van der Waals surface area (Å²) < 4.78 is 0. The van der Waals surface area contributed by atoms with Gasteiger partial charge >= 0.3 is 0 Å². The summed E-state index contributed by atoms with van der Waals surface area (Å²) in [5.41, 5.74) is 7.20. The fourth-order valence-electron chi connectivity index (χ4n) is 1.82. The lowest BCUT2D eigenvalue weighted by Crippen LogP contribution is -2.18. The van der Waals surface area contributed by atoms with Crippen LogP contribution < -0.4 is 11.1 Å². The molecule has 4 heteroatoms. The Morgan fingerprint density at radius 3 is 2.93 bits per heavy atom. The van der Waals surface area contributed by atoms with Crippen molar-refractivity contribution in [3.05, 3.63) is 16.1 Å². The van der Waals surface area contributed by atoms with Crippen molar-refractivity contribution in [2.45, 2.75) is 33.4 Å². The average Bonchev–Trinajstić information content (AvgIpc) is 2.65. The van der Waals surface area contributed by atoms with Crippen molar-refractivity contribution in [2.75, 3.05) is 6.54 Å². The monoisotopic (exact) mass is 225 g/mol. The topological polar surface area (TPSA) is 50.9 Å². The molecule has 1 aliphatic rings. The third-order valence-electron chi connectivity index (χ3n) is 3.19. The Morgan fingerprint density at radius 1 is 1.67 bits per heavy atom. The van der Waals surface area contributed by atoms with E-state index in [1.54, 1.807) is 11.3 Å². The molecule has 1 saturated carbocycles. The summed E-state index contributed by atoms with van der Waals surface area (Å²) in [5, 5.41) is 6.58. The second kappa shape index (κ2) is 4.20. The van der Waals surface area contributed by atoms with Crippen LogP contribution in [0, 0.1) is 11.3 Å². The number of aromatic nitrogens is 1. The number of rotatable bonds is 5. The SMILES string of the molecule is CC1(C)CC1CNCc1csc(CN)n1. The number of hydrogen-bond acceptors (Lipinski definition) is 4. The predicted molar refractivity (Wildman–Crippen MR) is 63.6 cm³/mol. The molecule has 0 spiro atoms. The first-order chi connectivity index (χ1) is 7.12. The minimum atomic E-state index is 0.556. The van der Waals surface area contributed by atoms with Gasteiger partial charge in [-0.15, -0.1) is 11.3 Å². The van der Waals surface area contributed by atoms with E-state index in [2.05, 4.69) is 29.5 Å². The summed E-state index contributed by atoms with van der Waals surface area (Å²) in [7, 11) is 0. The van der Waals surface area contributed by atoms with Crippen LogP contribution in [0.15, 0.2) is 5.38 Å². The maximum Gasteiger partial charge on any atom is 0.106 e. The molecule has 0 aromatic carbocycles. The fourth-order valence-corrected chi connectivity index (χ4v) is 2.50. The molecule has 1 atom stereocenters. The molecule has 1 heterocycles. The van der Waals surface area contributed by atoms with Gasteiger partial charge in [0.2, 0.25) is 0 Å². The number of nitrogens with zero attached hydrogens (tertiary/aromatic N) is 1. The van der Waals surface area contributed by atoms with Crippen molar-refractivity contribution in [1.29, 1.82) is 0 Å². The van der Waals surface area contributed by atoms with E-state index in [1.165, 1.54) is 6.42 Å². The van der Waals surface area contributed by atoms with Crippen molar-refractivity contribution >= 4 is 11.3 Å². The first kappa shape index (κ1) is 11.0. The Hall–Kier alpha value is -0.450. The smallest absolute Gasteiger partial charge is 0.106 e. The molecule has 1 aromatic heterocycles. The maximum atomic E-state index is 5.51. The van der Waals surface area contributed by atoms with Crippen LogP contribution >= 0.6 is 11.3 Å². The highest BCUT2D eigenvalue weighted by atomic mass is 32.1. The summed E-state index contributed by atoms with van der Waals surface area (Å²) in [6.45, 7) is 7.20. The highest BCUT2D eigenvalue weighted by molar-refractivity contribution is 7.09. The van der Waals surface area contributed by atoms with Gasteiger partial charge in [0.05, 0.1) is 5.69 Å². The predicted octanol–water partition coefficient (Wildman–Crippen LogP) is 1.74. The highest BCUT2D eigenvalue weighted by Gasteiger charge is 2.44. The highest BCUT2D eigenvalue weighted by Crippen LogP contribution is 2.50. The van der Waals surface area contributed by atoms with Crippen LogP contribution in [0.5, 0.6) is 0 Å². The summed E-state index contributed by atoms with van der Waals surface area (Å²) >= 11 is 1.65. The van der Waals surface area contributed by atoms with Gasteiger partial charge in [0.25, 0.3) is 0 Å². The Kier molecular flexibility index (Phi) is 3.09. The van der Waals surface area contributed by atoms with E-state index in [4.69, 9.17) is 5.73 Å². The van der Waals surface area contributed by atoms with E-state index in [1.807, 2.05) is 0 Å². The van der Waals surface area contributed by atoms with E-state index < -0.39 is 0 Å². The van der Waals surface area contributed by atoms with E-state index >= 15 is 0 Å². The zero-order chi connectivity index (χ0) is 10.9. The van der Waals surface area contributed by atoms with Crippen molar-refractivity contribution in [1.82, 2.24) is 10.3 Å². The Bertz CT molecular complexity index is 332. The van der Waals surface area contributed by atoms with Gasteiger partial charge in [0.15, 0.2) is 0 Å². The van der Waals surface area contributed by atoms with E-state index in [9.17, 15) is 0 Å². The molecule has 0 saturated heterocycles. The van der Waals surface area contributed by atoms with Gasteiger partial charge in [0, 0.05) is 18.5 Å². The maximum absolute atomic E-state index is 5.51. The molecule has 1 fully saturated rings. The van der Waals surface area contributed by atoms with E-state index in [0.717, 1.165) is 29.7 Å². The lowest BCUT2D eigenvalue weighted by molar-refractivity contribution is 0.518. The number of nitrogens with one attached hydrogen (secondary N) is 1. The molecular weight excluding hydrogens is 206 g/mol. The molecule has 0 radical (unpaired) electrons. The zero-order valence-electron chi connectivity index (χ0n) is 9.42. The molecular formula is C11H19N3S. The molecule has 1 unspecified atom stereocenters. The second-order valence-corrected chi connectivity index (χ2v) is 5.90. The molecule has 84 valence electrons. The third kappa shape index (κ3) is 2.77. The summed E-state index contributed by atoms with van der Waals surface area (Å²) in [6, 6.07) is 0. The Balaban J connectivity index is 1.70. The van der Waals surface area contributed by atoms with E-state index in [0.29, 0.717) is 12.0 Å². The third-order valence-corrected chi connectivity index (χ3v) is 4.11. The summed E-state index contributed by atoms with van der Waals surface area (Å²) in [4.78, 5) is 4.41. The number of hydrogen-bond donors (Lipinski definition) is 2. The van der Waals surface area contributed by atoms with Crippen LogP contribution in [-0.2, 0) is 13.1 Å². The molecule has 3 N–H and O–H groups in total. The van der Waals surface area contributed by atoms with Gasteiger partial charge in [-0.1, -0.05) is 13.8 Å². The largest absolute Gasteiger partial charge is 0.325 e. The van der Waals surface area contributed by atoms with Gasteiger partial charge in [-0.3, -0.25) is 0 Å². The van der Waals surface area contributed by atoms with E-state index in [-0.39, 0.29) is 0 Å². The number of thiazole rings is 1. The Labute approximate surface area is 95.1 Å². The standard InChI is InChI=1S/C11H19N3S/c1-11(2)3-8(11)5-13-6-9-7-15-10(4-12)14-9/h7-8,13H,3-6,12H2,1-2H3. The van der Waals surface area contributed by atoms with Crippen LogP contribution in [0.1, 0.15) is 31.0 Å². The van der Waals surface area contributed by atoms with Crippen LogP contribution in [0.25, 0.3) is 0 Å². The minimum absolute atomic E-state index is 0.556.